The molecule has 0 saturated carbocycles. The third-order valence-electron chi connectivity index (χ3n) is 2.46. The van der Waals surface area contributed by atoms with Gasteiger partial charge in [0.25, 0.3) is 0 Å². The predicted octanol–water partition coefficient (Wildman–Crippen LogP) is 0.781. The van der Waals surface area contributed by atoms with E-state index in [0.29, 0.717) is 19.4 Å². The summed E-state index contributed by atoms with van der Waals surface area (Å²) in [5, 5.41) is 18.5. The smallest absolute Gasteiger partial charge is 0.306 e. The molecule has 0 aromatic carbocycles. The summed E-state index contributed by atoms with van der Waals surface area (Å²) >= 11 is 0. The summed E-state index contributed by atoms with van der Waals surface area (Å²) in [5.41, 5.74) is -1.05. The maximum atomic E-state index is 10.5. The van der Waals surface area contributed by atoms with Gasteiger partial charge in [-0.25, -0.2) is 0 Å². The van der Waals surface area contributed by atoms with Crippen molar-refractivity contribution in [2.45, 2.75) is 44.3 Å². The van der Waals surface area contributed by atoms with E-state index < -0.39 is 11.6 Å². The number of hydrogen-bond acceptors (Lipinski definition) is 3. The van der Waals surface area contributed by atoms with E-state index in [1.54, 1.807) is 0 Å². The molecule has 1 fully saturated rings. The fourth-order valence-corrected chi connectivity index (χ4v) is 1.70. The Morgan fingerprint density at radius 2 is 2.38 bits per heavy atom. The van der Waals surface area contributed by atoms with Crippen LogP contribution >= 0.6 is 0 Å². The lowest BCUT2D eigenvalue weighted by atomic mass is 9.86. The minimum atomic E-state index is -1.05. The molecular weight excluding hydrogens is 172 g/mol. The van der Waals surface area contributed by atoms with Crippen molar-refractivity contribution in [1.82, 2.24) is 0 Å². The zero-order chi connectivity index (χ0) is 9.90. The first-order valence-electron chi connectivity index (χ1n) is 4.61. The van der Waals surface area contributed by atoms with Crippen molar-refractivity contribution in [2.75, 3.05) is 6.61 Å². The van der Waals surface area contributed by atoms with Crippen LogP contribution < -0.4 is 0 Å². The molecule has 4 heteroatoms. The fourth-order valence-electron chi connectivity index (χ4n) is 1.70. The molecule has 0 amide bonds. The highest BCUT2D eigenvalue weighted by Gasteiger charge is 2.36. The first-order valence-corrected chi connectivity index (χ1v) is 4.61. The summed E-state index contributed by atoms with van der Waals surface area (Å²) in [6.45, 7) is 2.43. The average Bonchev–Trinajstić information content (AvgIpc) is 2.02. The second-order valence-electron chi connectivity index (χ2n) is 3.65. The van der Waals surface area contributed by atoms with Gasteiger partial charge in [0, 0.05) is 19.4 Å². The van der Waals surface area contributed by atoms with Crippen molar-refractivity contribution >= 4 is 5.97 Å². The van der Waals surface area contributed by atoms with Crippen molar-refractivity contribution in [1.29, 1.82) is 0 Å². The van der Waals surface area contributed by atoms with Crippen LogP contribution in [0, 0.1) is 0 Å². The molecule has 2 unspecified atom stereocenters. The van der Waals surface area contributed by atoms with Gasteiger partial charge in [0.05, 0.1) is 18.1 Å². The summed E-state index contributed by atoms with van der Waals surface area (Å²) < 4.78 is 5.35. The van der Waals surface area contributed by atoms with Crippen LogP contribution in [0.25, 0.3) is 0 Å². The molecule has 4 nitrogen and oxygen atoms in total. The number of ether oxygens (including phenoxy) is 1. The van der Waals surface area contributed by atoms with Crippen LogP contribution in [-0.2, 0) is 9.53 Å². The molecule has 13 heavy (non-hydrogen) atoms. The Balaban J connectivity index is 2.51. The number of carbonyl (C=O) groups is 1. The highest BCUT2D eigenvalue weighted by molar-refractivity contribution is 5.68. The van der Waals surface area contributed by atoms with Gasteiger partial charge in [0.1, 0.15) is 0 Å². The van der Waals surface area contributed by atoms with E-state index in [1.165, 1.54) is 0 Å². The van der Waals surface area contributed by atoms with Gasteiger partial charge in [0.2, 0.25) is 0 Å². The Hall–Kier alpha value is -0.610. The van der Waals surface area contributed by atoms with E-state index in [2.05, 4.69) is 0 Å². The molecule has 1 rings (SSSR count). The number of hydrogen-bond donors (Lipinski definition) is 2. The third kappa shape index (κ3) is 2.97. The van der Waals surface area contributed by atoms with Gasteiger partial charge in [-0.2, -0.15) is 0 Å². The normalized spacial score (nSPS) is 34.5. The van der Waals surface area contributed by atoms with Gasteiger partial charge in [-0.1, -0.05) is 6.92 Å². The molecule has 0 bridgehead atoms. The number of rotatable bonds is 3. The van der Waals surface area contributed by atoms with Gasteiger partial charge in [-0.3, -0.25) is 4.79 Å². The Morgan fingerprint density at radius 1 is 1.69 bits per heavy atom. The van der Waals surface area contributed by atoms with Crippen molar-refractivity contribution in [3.8, 4) is 0 Å². The summed E-state index contributed by atoms with van der Waals surface area (Å²) in [6.07, 6.45) is 1.53. The second-order valence-corrected chi connectivity index (χ2v) is 3.65. The molecule has 2 N–H and O–H groups in total. The lowest BCUT2D eigenvalue weighted by Gasteiger charge is -2.35. The maximum Gasteiger partial charge on any atom is 0.306 e. The molecule has 1 aliphatic rings. The first kappa shape index (κ1) is 10.5. The summed E-state index contributed by atoms with van der Waals surface area (Å²) in [7, 11) is 0. The van der Waals surface area contributed by atoms with Crippen LogP contribution in [0.2, 0.25) is 0 Å². The highest BCUT2D eigenvalue weighted by Crippen LogP contribution is 2.29. The maximum absolute atomic E-state index is 10.5. The standard InChI is InChI=1S/C9H16O4/c1-2-7-5-9(12,3-4-13-7)6-8(10)11/h7,12H,2-6H2,1H3,(H,10,11). The molecule has 1 saturated heterocycles. The monoisotopic (exact) mass is 188 g/mol. The molecule has 0 spiro atoms. The summed E-state index contributed by atoms with van der Waals surface area (Å²) in [6, 6.07) is 0. The minimum Gasteiger partial charge on any atom is -0.481 e. The van der Waals surface area contributed by atoms with E-state index in [-0.39, 0.29) is 12.5 Å². The van der Waals surface area contributed by atoms with Gasteiger partial charge < -0.3 is 14.9 Å². The van der Waals surface area contributed by atoms with Crippen LogP contribution in [0.1, 0.15) is 32.6 Å². The van der Waals surface area contributed by atoms with Crippen LogP contribution in [0.3, 0.4) is 0 Å². The van der Waals surface area contributed by atoms with Crippen molar-refractivity contribution in [3.05, 3.63) is 0 Å². The quantitative estimate of drug-likeness (QED) is 0.686. The summed E-state index contributed by atoms with van der Waals surface area (Å²) in [4.78, 5) is 10.5. The fraction of sp³-hybridized carbons (Fsp3) is 0.889. The largest absolute Gasteiger partial charge is 0.481 e. The van der Waals surface area contributed by atoms with E-state index in [1.807, 2.05) is 6.92 Å². The van der Waals surface area contributed by atoms with Gasteiger partial charge in [0.15, 0.2) is 0 Å². The van der Waals surface area contributed by atoms with Crippen LogP contribution in [0.15, 0.2) is 0 Å². The number of aliphatic hydroxyl groups is 1. The van der Waals surface area contributed by atoms with E-state index in [4.69, 9.17) is 9.84 Å². The molecule has 0 aromatic rings. The second kappa shape index (κ2) is 4.07. The molecule has 1 aliphatic heterocycles. The number of aliphatic carboxylic acids is 1. The van der Waals surface area contributed by atoms with Crippen molar-refractivity contribution < 1.29 is 19.7 Å². The van der Waals surface area contributed by atoms with E-state index >= 15 is 0 Å². The highest BCUT2D eigenvalue weighted by atomic mass is 16.5. The van der Waals surface area contributed by atoms with Crippen LogP contribution in [0.4, 0.5) is 0 Å². The minimum absolute atomic E-state index is 0.0121. The number of carboxylic acids is 1. The van der Waals surface area contributed by atoms with E-state index in [9.17, 15) is 9.90 Å². The molecule has 0 aliphatic carbocycles. The SMILES string of the molecule is CCC1CC(O)(CC(=O)O)CCO1. The van der Waals surface area contributed by atoms with Gasteiger partial charge >= 0.3 is 5.97 Å². The Morgan fingerprint density at radius 3 is 2.92 bits per heavy atom. The zero-order valence-electron chi connectivity index (χ0n) is 7.82. The summed E-state index contributed by atoms with van der Waals surface area (Å²) in [5.74, 6) is -0.945. The number of carboxylic acid groups (broad SMARTS) is 1. The molecular formula is C9H16O4. The van der Waals surface area contributed by atoms with Gasteiger partial charge in [-0.15, -0.1) is 0 Å². The van der Waals surface area contributed by atoms with Crippen LogP contribution in [-0.4, -0.2) is 34.5 Å². The Labute approximate surface area is 77.5 Å². The van der Waals surface area contributed by atoms with Crippen molar-refractivity contribution in [3.63, 3.8) is 0 Å². The van der Waals surface area contributed by atoms with Gasteiger partial charge in [-0.05, 0) is 6.42 Å². The third-order valence-corrected chi connectivity index (χ3v) is 2.46. The zero-order valence-corrected chi connectivity index (χ0v) is 7.82. The lowest BCUT2D eigenvalue weighted by molar-refractivity contribution is -0.151. The predicted molar refractivity (Wildman–Crippen MR) is 46.5 cm³/mol. The van der Waals surface area contributed by atoms with Crippen molar-refractivity contribution in [2.24, 2.45) is 0 Å². The Bertz CT molecular complexity index is 192. The molecule has 0 radical (unpaired) electrons. The van der Waals surface area contributed by atoms with E-state index in [0.717, 1.165) is 6.42 Å². The molecule has 1 heterocycles. The van der Waals surface area contributed by atoms with Crippen LogP contribution in [0.5, 0.6) is 0 Å². The molecule has 76 valence electrons. The topological polar surface area (TPSA) is 66.8 Å². The first-order chi connectivity index (χ1) is 6.06. The average molecular weight is 188 g/mol. The Kier molecular flexibility index (Phi) is 3.27. The molecule has 0 aromatic heterocycles. The molecule has 2 atom stereocenters. The lowest BCUT2D eigenvalue weighted by Crippen LogP contribution is -2.42.